The number of aromatic nitrogens is 2. The minimum Gasteiger partial charge on any atom is -0.460 e. The molecule has 4 rings (SSSR count). The van der Waals surface area contributed by atoms with Crippen molar-refractivity contribution in [1.82, 2.24) is 20.4 Å². The summed E-state index contributed by atoms with van der Waals surface area (Å²) >= 11 is 6.25. The molecule has 2 N–H and O–H groups in total. The molecule has 1 aromatic carbocycles. The third-order valence-electron chi connectivity index (χ3n) is 4.64. The zero-order valence-corrected chi connectivity index (χ0v) is 15.1. The van der Waals surface area contributed by atoms with Crippen molar-refractivity contribution in [3.05, 3.63) is 64.1 Å². The Morgan fingerprint density at radius 1 is 1.35 bits per heavy atom. The van der Waals surface area contributed by atoms with Gasteiger partial charge in [0.05, 0.1) is 11.6 Å². The van der Waals surface area contributed by atoms with Crippen LogP contribution in [0.15, 0.2) is 40.8 Å². The van der Waals surface area contributed by atoms with E-state index in [1.54, 1.807) is 7.05 Å². The highest BCUT2D eigenvalue weighted by Gasteiger charge is 2.25. The van der Waals surface area contributed by atoms with E-state index in [0.717, 1.165) is 41.3 Å². The Kier molecular flexibility index (Phi) is 4.53. The summed E-state index contributed by atoms with van der Waals surface area (Å²) in [4.78, 5) is 14.2. The number of hydrogen-bond donors (Lipinski definition) is 2. The molecule has 134 valence electrons. The zero-order chi connectivity index (χ0) is 18.1. The van der Waals surface area contributed by atoms with Gasteiger partial charge < -0.3 is 9.73 Å². The number of furan rings is 1. The lowest BCUT2D eigenvalue weighted by Crippen LogP contribution is -2.31. The Bertz CT molecular complexity index is 947. The van der Waals surface area contributed by atoms with E-state index in [1.807, 2.05) is 36.4 Å². The van der Waals surface area contributed by atoms with Crippen LogP contribution in [0.25, 0.3) is 11.3 Å². The number of nitrogens with one attached hydrogen (secondary N) is 2. The number of rotatable bonds is 4. The van der Waals surface area contributed by atoms with E-state index in [-0.39, 0.29) is 5.91 Å². The minimum absolute atomic E-state index is 0.164. The number of carbonyl (C=O) groups is 1. The number of amides is 1. The highest BCUT2D eigenvalue weighted by atomic mass is 35.5. The van der Waals surface area contributed by atoms with E-state index in [0.29, 0.717) is 23.8 Å². The molecule has 0 saturated carbocycles. The zero-order valence-electron chi connectivity index (χ0n) is 14.4. The lowest BCUT2D eigenvalue weighted by atomic mass is 10.0. The smallest absolute Gasteiger partial charge is 0.271 e. The molecule has 26 heavy (non-hydrogen) atoms. The Morgan fingerprint density at radius 3 is 3.00 bits per heavy atom. The maximum absolute atomic E-state index is 12.0. The molecule has 0 unspecified atom stereocenters. The Labute approximate surface area is 156 Å². The van der Waals surface area contributed by atoms with Crippen LogP contribution in [-0.4, -0.2) is 34.6 Å². The number of nitrogens with zero attached hydrogens (tertiary/aromatic N) is 2. The molecule has 0 saturated heterocycles. The molecule has 1 aliphatic rings. The molecule has 0 atom stereocenters. The van der Waals surface area contributed by atoms with Crippen LogP contribution in [0.5, 0.6) is 0 Å². The lowest BCUT2D eigenvalue weighted by Gasteiger charge is -2.25. The SMILES string of the molecule is CNC(=O)c1n[nH]c2c1CN(Cc1ccc(-c3ccccc3Cl)o1)CC2. The van der Waals surface area contributed by atoms with Crippen molar-refractivity contribution in [3.8, 4) is 11.3 Å². The quantitative estimate of drug-likeness (QED) is 0.739. The molecule has 0 fully saturated rings. The van der Waals surface area contributed by atoms with Crippen molar-refractivity contribution in [1.29, 1.82) is 0 Å². The van der Waals surface area contributed by atoms with Gasteiger partial charge in [0, 0.05) is 43.4 Å². The van der Waals surface area contributed by atoms with Gasteiger partial charge in [-0.1, -0.05) is 23.7 Å². The molecule has 3 aromatic rings. The van der Waals surface area contributed by atoms with E-state index in [9.17, 15) is 4.79 Å². The summed E-state index contributed by atoms with van der Waals surface area (Å²) in [5.74, 6) is 1.47. The lowest BCUT2D eigenvalue weighted by molar-refractivity contribution is 0.0955. The standard InChI is InChI=1S/C19H19ClN4O2/c1-21-19(25)18-14-11-24(9-8-16(14)22-23-18)10-12-6-7-17(26-12)13-4-2-3-5-15(13)20/h2-7H,8-11H2,1H3,(H,21,25)(H,22,23). The van der Waals surface area contributed by atoms with E-state index in [1.165, 1.54) is 0 Å². The minimum atomic E-state index is -0.164. The maximum atomic E-state index is 12.0. The second-order valence-corrected chi connectivity index (χ2v) is 6.72. The number of H-pyrrole nitrogens is 1. The Balaban J connectivity index is 1.50. The number of hydrogen-bond acceptors (Lipinski definition) is 4. The number of aromatic amines is 1. The van der Waals surface area contributed by atoms with Gasteiger partial charge >= 0.3 is 0 Å². The average molecular weight is 371 g/mol. The molecular weight excluding hydrogens is 352 g/mol. The van der Waals surface area contributed by atoms with Crippen LogP contribution in [0, 0.1) is 0 Å². The highest BCUT2D eigenvalue weighted by Crippen LogP contribution is 2.30. The van der Waals surface area contributed by atoms with Crippen LogP contribution >= 0.6 is 11.6 Å². The van der Waals surface area contributed by atoms with E-state index < -0.39 is 0 Å². The van der Waals surface area contributed by atoms with E-state index >= 15 is 0 Å². The molecule has 0 spiro atoms. The number of halogens is 1. The van der Waals surface area contributed by atoms with Crippen LogP contribution in [0.2, 0.25) is 5.02 Å². The third kappa shape index (κ3) is 3.13. The fraction of sp³-hybridized carbons (Fsp3) is 0.263. The first-order valence-corrected chi connectivity index (χ1v) is 8.87. The fourth-order valence-electron chi connectivity index (χ4n) is 3.28. The monoisotopic (exact) mass is 370 g/mol. The van der Waals surface area contributed by atoms with Gasteiger partial charge in [-0.2, -0.15) is 5.10 Å². The Hall–Kier alpha value is -2.57. The molecule has 0 radical (unpaired) electrons. The first-order valence-electron chi connectivity index (χ1n) is 8.50. The van der Waals surface area contributed by atoms with Gasteiger partial charge in [-0.05, 0) is 24.3 Å². The molecule has 2 aromatic heterocycles. The second kappa shape index (κ2) is 6.97. The van der Waals surface area contributed by atoms with Gasteiger partial charge in [-0.15, -0.1) is 0 Å². The first-order chi connectivity index (χ1) is 12.7. The van der Waals surface area contributed by atoms with Gasteiger partial charge in [0.15, 0.2) is 5.69 Å². The van der Waals surface area contributed by atoms with Crippen LogP contribution in [-0.2, 0) is 19.5 Å². The Morgan fingerprint density at radius 2 is 2.19 bits per heavy atom. The number of carbonyl (C=O) groups excluding carboxylic acids is 1. The highest BCUT2D eigenvalue weighted by molar-refractivity contribution is 6.33. The van der Waals surface area contributed by atoms with Crippen LogP contribution in [0.1, 0.15) is 27.5 Å². The predicted molar refractivity (Wildman–Crippen MR) is 98.9 cm³/mol. The molecule has 0 aliphatic carbocycles. The molecule has 6 nitrogen and oxygen atoms in total. The second-order valence-electron chi connectivity index (χ2n) is 6.31. The maximum Gasteiger partial charge on any atom is 0.271 e. The normalized spacial score (nSPS) is 14.2. The topological polar surface area (TPSA) is 74.2 Å². The molecule has 7 heteroatoms. The van der Waals surface area contributed by atoms with Gasteiger partial charge in [0.2, 0.25) is 0 Å². The van der Waals surface area contributed by atoms with Crippen molar-refractivity contribution in [3.63, 3.8) is 0 Å². The van der Waals surface area contributed by atoms with Crippen molar-refractivity contribution in [2.75, 3.05) is 13.6 Å². The summed E-state index contributed by atoms with van der Waals surface area (Å²) in [5, 5.41) is 10.5. The molecule has 0 bridgehead atoms. The van der Waals surface area contributed by atoms with Crippen LogP contribution < -0.4 is 5.32 Å². The summed E-state index contributed by atoms with van der Waals surface area (Å²) in [6.45, 7) is 2.21. The van der Waals surface area contributed by atoms with E-state index in [2.05, 4.69) is 20.4 Å². The van der Waals surface area contributed by atoms with Gasteiger partial charge in [0.1, 0.15) is 11.5 Å². The summed E-state index contributed by atoms with van der Waals surface area (Å²) in [6.07, 6.45) is 0.831. The van der Waals surface area contributed by atoms with E-state index in [4.69, 9.17) is 16.0 Å². The van der Waals surface area contributed by atoms with Gasteiger partial charge in [-0.25, -0.2) is 0 Å². The van der Waals surface area contributed by atoms with Crippen LogP contribution in [0.4, 0.5) is 0 Å². The largest absolute Gasteiger partial charge is 0.460 e. The summed E-state index contributed by atoms with van der Waals surface area (Å²) in [5.41, 5.74) is 3.37. The number of benzene rings is 1. The predicted octanol–water partition coefficient (Wildman–Crippen LogP) is 3.24. The van der Waals surface area contributed by atoms with Gasteiger partial charge in [-0.3, -0.25) is 14.8 Å². The molecular formula is C19H19ClN4O2. The summed E-state index contributed by atoms with van der Waals surface area (Å²) in [7, 11) is 1.61. The van der Waals surface area contributed by atoms with Crippen molar-refractivity contribution >= 4 is 17.5 Å². The summed E-state index contributed by atoms with van der Waals surface area (Å²) < 4.78 is 5.99. The number of fused-ring (bicyclic) bond motifs is 1. The molecule has 3 heterocycles. The van der Waals surface area contributed by atoms with Crippen molar-refractivity contribution in [2.45, 2.75) is 19.5 Å². The fourth-order valence-corrected chi connectivity index (χ4v) is 3.51. The van der Waals surface area contributed by atoms with Crippen LogP contribution in [0.3, 0.4) is 0 Å². The van der Waals surface area contributed by atoms with Crippen molar-refractivity contribution < 1.29 is 9.21 Å². The van der Waals surface area contributed by atoms with Gasteiger partial charge in [0.25, 0.3) is 5.91 Å². The molecule has 1 aliphatic heterocycles. The first kappa shape index (κ1) is 16.9. The third-order valence-corrected chi connectivity index (χ3v) is 4.96. The molecule has 1 amide bonds. The van der Waals surface area contributed by atoms with Crippen molar-refractivity contribution in [2.24, 2.45) is 0 Å². The average Bonchev–Trinajstić information content (AvgIpc) is 3.28. The summed E-state index contributed by atoms with van der Waals surface area (Å²) in [6, 6.07) is 11.6.